The smallest absolute Gasteiger partial charge is 0.191 e. The van der Waals surface area contributed by atoms with Crippen LogP contribution < -0.4 is 10.6 Å². The van der Waals surface area contributed by atoms with Crippen molar-refractivity contribution in [2.24, 2.45) is 4.99 Å². The standard InChI is InChI=1S/C16H18N4S.HI/c1-18-16(19-9-8-15-3-2-10-21-15)20-12-14-6-4-13(11-17)5-7-14;/h2-7,10H,8-9,12H2,1H3,(H2,18,19,20);1H. The van der Waals surface area contributed by atoms with Crippen molar-refractivity contribution in [1.82, 2.24) is 10.6 Å². The molecule has 4 nitrogen and oxygen atoms in total. The van der Waals surface area contributed by atoms with Gasteiger partial charge in [-0.3, -0.25) is 4.99 Å². The second kappa shape index (κ2) is 10.2. The number of halogens is 1. The fourth-order valence-electron chi connectivity index (χ4n) is 1.86. The molecule has 0 spiro atoms. The third kappa shape index (κ3) is 6.03. The topological polar surface area (TPSA) is 60.2 Å². The summed E-state index contributed by atoms with van der Waals surface area (Å²) in [6, 6.07) is 13.9. The average molecular weight is 426 g/mol. The van der Waals surface area contributed by atoms with Crippen molar-refractivity contribution in [3.8, 4) is 6.07 Å². The number of guanidine groups is 1. The summed E-state index contributed by atoms with van der Waals surface area (Å²) in [7, 11) is 1.76. The van der Waals surface area contributed by atoms with E-state index < -0.39 is 0 Å². The molecule has 1 aromatic heterocycles. The first-order chi connectivity index (χ1) is 10.3. The first-order valence-corrected chi connectivity index (χ1v) is 7.65. The van der Waals surface area contributed by atoms with Gasteiger partial charge in [0.1, 0.15) is 0 Å². The van der Waals surface area contributed by atoms with Crippen LogP contribution in [0.3, 0.4) is 0 Å². The zero-order valence-corrected chi connectivity index (χ0v) is 15.5. The van der Waals surface area contributed by atoms with Crippen molar-refractivity contribution in [3.63, 3.8) is 0 Å². The zero-order chi connectivity index (χ0) is 14.9. The van der Waals surface area contributed by atoms with Gasteiger partial charge < -0.3 is 10.6 Å². The number of aliphatic imine (C=N–C) groups is 1. The highest BCUT2D eigenvalue weighted by atomic mass is 127. The monoisotopic (exact) mass is 426 g/mol. The van der Waals surface area contributed by atoms with Crippen LogP contribution >= 0.6 is 35.3 Å². The molecule has 2 aromatic rings. The summed E-state index contributed by atoms with van der Waals surface area (Å²) >= 11 is 1.77. The predicted octanol–water partition coefficient (Wildman–Crippen LogP) is 3.15. The van der Waals surface area contributed by atoms with Crippen molar-refractivity contribution in [1.29, 1.82) is 5.26 Å². The molecule has 0 saturated heterocycles. The predicted molar refractivity (Wildman–Crippen MR) is 103 cm³/mol. The minimum absolute atomic E-state index is 0. The molecular formula is C16H19IN4S. The number of rotatable bonds is 5. The molecule has 1 aromatic carbocycles. The lowest BCUT2D eigenvalue weighted by atomic mass is 10.1. The Labute approximate surface area is 152 Å². The molecule has 0 atom stereocenters. The number of nitriles is 1. The molecule has 0 saturated carbocycles. The summed E-state index contributed by atoms with van der Waals surface area (Å²) < 4.78 is 0. The van der Waals surface area contributed by atoms with E-state index in [1.54, 1.807) is 18.4 Å². The molecule has 22 heavy (non-hydrogen) atoms. The van der Waals surface area contributed by atoms with Crippen LogP contribution in [0, 0.1) is 11.3 Å². The molecule has 0 bridgehead atoms. The van der Waals surface area contributed by atoms with Gasteiger partial charge in [-0.15, -0.1) is 35.3 Å². The Morgan fingerprint density at radius 3 is 2.59 bits per heavy atom. The molecule has 2 N–H and O–H groups in total. The first kappa shape index (κ1) is 18.5. The second-order valence-electron chi connectivity index (χ2n) is 4.49. The summed E-state index contributed by atoms with van der Waals surface area (Å²) in [5.74, 6) is 0.788. The van der Waals surface area contributed by atoms with Crippen molar-refractivity contribution in [2.75, 3.05) is 13.6 Å². The van der Waals surface area contributed by atoms with Gasteiger partial charge in [-0.1, -0.05) is 18.2 Å². The van der Waals surface area contributed by atoms with Crippen LogP contribution in [0.15, 0.2) is 46.8 Å². The minimum Gasteiger partial charge on any atom is -0.356 e. The van der Waals surface area contributed by atoms with Crippen molar-refractivity contribution in [2.45, 2.75) is 13.0 Å². The van der Waals surface area contributed by atoms with E-state index in [-0.39, 0.29) is 24.0 Å². The number of benzene rings is 1. The summed E-state index contributed by atoms with van der Waals surface area (Å²) in [5, 5.41) is 17.4. The van der Waals surface area contributed by atoms with Gasteiger partial charge in [0.05, 0.1) is 11.6 Å². The molecule has 2 rings (SSSR count). The molecule has 0 unspecified atom stereocenters. The normalized spacial score (nSPS) is 10.5. The molecule has 0 fully saturated rings. The lowest BCUT2D eigenvalue weighted by Crippen LogP contribution is -2.37. The van der Waals surface area contributed by atoms with Crippen molar-refractivity contribution in [3.05, 3.63) is 57.8 Å². The van der Waals surface area contributed by atoms with Crippen LogP contribution in [0.1, 0.15) is 16.0 Å². The third-order valence-corrected chi connectivity index (χ3v) is 3.95. The van der Waals surface area contributed by atoms with E-state index in [0.717, 1.165) is 24.5 Å². The van der Waals surface area contributed by atoms with Gasteiger partial charge in [0.15, 0.2) is 5.96 Å². The lowest BCUT2D eigenvalue weighted by Gasteiger charge is -2.11. The Bertz CT molecular complexity index is 615. The van der Waals surface area contributed by atoms with Crippen molar-refractivity contribution >= 4 is 41.3 Å². The molecule has 1 heterocycles. The maximum Gasteiger partial charge on any atom is 0.191 e. The Balaban J connectivity index is 0.00000242. The lowest BCUT2D eigenvalue weighted by molar-refractivity contribution is 0.799. The SMILES string of the molecule is CN=C(NCCc1cccs1)NCc1ccc(C#N)cc1.I. The number of thiophene rings is 1. The molecule has 0 amide bonds. The summed E-state index contributed by atoms with van der Waals surface area (Å²) in [6.07, 6.45) is 0.995. The van der Waals surface area contributed by atoms with Gasteiger partial charge in [-0.05, 0) is 35.6 Å². The zero-order valence-electron chi connectivity index (χ0n) is 12.4. The Kier molecular flexibility index (Phi) is 8.55. The Morgan fingerprint density at radius 1 is 1.23 bits per heavy atom. The molecule has 0 radical (unpaired) electrons. The van der Waals surface area contributed by atoms with E-state index >= 15 is 0 Å². The van der Waals surface area contributed by atoms with E-state index in [0.29, 0.717) is 12.1 Å². The number of nitrogens with zero attached hydrogens (tertiary/aromatic N) is 2. The van der Waals surface area contributed by atoms with Crippen molar-refractivity contribution < 1.29 is 0 Å². The van der Waals surface area contributed by atoms with Gasteiger partial charge in [0, 0.05) is 25.0 Å². The van der Waals surface area contributed by atoms with Gasteiger partial charge in [-0.25, -0.2) is 0 Å². The molecule has 0 aliphatic rings. The van der Waals surface area contributed by atoms with Crippen LogP contribution in [0.5, 0.6) is 0 Å². The van der Waals surface area contributed by atoms with E-state index in [2.05, 4.69) is 39.2 Å². The molecule has 116 valence electrons. The van der Waals surface area contributed by atoms with Crippen LogP contribution in [0.4, 0.5) is 0 Å². The highest BCUT2D eigenvalue weighted by molar-refractivity contribution is 14.0. The van der Waals surface area contributed by atoms with Gasteiger partial charge in [0.25, 0.3) is 0 Å². The van der Waals surface area contributed by atoms with E-state index in [4.69, 9.17) is 5.26 Å². The van der Waals surface area contributed by atoms with E-state index in [9.17, 15) is 0 Å². The third-order valence-electron chi connectivity index (χ3n) is 3.01. The summed E-state index contributed by atoms with van der Waals surface area (Å²) in [6.45, 7) is 1.54. The minimum atomic E-state index is 0. The molecular weight excluding hydrogens is 407 g/mol. The van der Waals surface area contributed by atoms with E-state index in [1.165, 1.54) is 4.88 Å². The average Bonchev–Trinajstić information content (AvgIpc) is 3.04. The van der Waals surface area contributed by atoms with E-state index in [1.807, 2.05) is 24.3 Å². The number of hydrogen-bond acceptors (Lipinski definition) is 3. The maximum atomic E-state index is 8.77. The molecule has 0 aliphatic heterocycles. The highest BCUT2D eigenvalue weighted by Crippen LogP contribution is 2.08. The van der Waals surface area contributed by atoms with Crippen LogP contribution in [0.25, 0.3) is 0 Å². The largest absolute Gasteiger partial charge is 0.356 e. The van der Waals surface area contributed by atoms with Gasteiger partial charge >= 0.3 is 0 Å². The first-order valence-electron chi connectivity index (χ1n) is 6.78. The molecule has 0 aliphatic carbocycles. The molecule has 6 heteroatoms. The number of hydrogen-bond donors (Lipinski definition) is 2. The quantitative estimate of drug-likeness (QED) is 0.439. The van der Waals surface area contributed by atoms with Crippen LogP contribution in [-0.2, 0) is 13.0 Å². The second-order valence-corrected chi connectivity index (χ2v) is 5.52. The van der Waals surface area contributed by atoms with Crippen LogP contribution in [0.2, 0.25) is 0 Å². The Morgan fingerprint density at radius 2 is 2.00 bits per heavy atom. The summed E-state index contributed by atoms with van der Waals surface area (Å²) in [4.78, 5) is 5.57. The Hall–Kier alpha value is -1.59. The fourth-order valence-corrected chi connectivity index (χ4v) is 2.57. The summed E-state index contributed by atoms with van der Waals surface area (Å²) in [5.41, 5.74) is 1.80. The van der Waals surface area contributed by atoms with Gasteiger partial charge in [-0.2, -0.15) is 5.26 Å². The van der Waals surface area contributed by atoms with Gasteiger partial charge in [0.2, 0.25) is 0 Å². The number of nitrogens with one attached hydrogen (secondary N) is 2. The van der Waals surface area contributed by atoms with Crippen LogP contribution in [-0.4, -0.2) is 19.6 Å². The highest BCUT2D eigenvalue weighted by Gasteiger charge is 1.99. The maximum absolute atomic E-state index is 8.77. The fraction of sp³-hybridized carbons (Fsp3) is 0.250.